The summed E-state index contributed by atoms with van der Waals surface area (Å²) in [5.41, 5.74) is 2.77. The lowest BCUT2D eigenvalue weighted by Gasteiger charge is -2.26. The smallest absolute Gasteiger partial charge is 0.312 e. The van der Waals surface area contributed by atoms with Crippen LogP contribution in [0.25, 0.3) is 6.08 Å². The molecule has 34 heavy (non-hydrogen) atoms. The monoisotopic (exact) mass is 474 g/mol. The number of Topliss-reactive ketones (excluding diaryl/α,β-unsaturated/α-hetero) is 1. The van der Waals surface area contributed by atoms with Crippen molar-refractivity contribution < 1.29 is 28.5 Å². The predicted octanol–water partition coefficient (Wildman–Crippen LogP) is 5.48. The molecule has 172 valence electrons. The van der Waals surface area contributed by atoms with Gasteiger partial charge in [0.25, 0.3) is 0 Å². The van der Waals surface area contributed by atoms with Crippen LogP contribution in [0.15, 0.2) is 65.3 Å². The molecule has 0 aliphatic carbocycles. The van der Waals surface area contributed by atoms with E-state index in [4.69, 9.17) is 18.9 Å². The Morgan fingerprint density at radius 3 is 2.47 bits per heavy atom. The molecule has 0 saturated heterocycles. The van der Waals surface area contributed by atoms with Gasteiger partial charge >= 0.3 is 5.97 Å². The first kappa shape index (κ1) is 22.1. The van der Waals surface area contributed by atoms with E-state index in [0.717, 1.165) is 10.5 Å². The van der Waals surface area contributed by atoms with Crippen molar-refractivity contribution in [1.82, 2.24) is 0 Å². The molecule has 3 aromatic rings. The van der Waals surface area contributed by atoms with Gasteiger partial charge in [0.1, 0.15) is 11.5 Å². The van der Waals surface area contributed by atoms with Crippen LogP contribution in [-0.2, 0) is 4.79 Å². The molecule has 0 N–H and O–H groups in total. The first-order valence-electron chi connectivity index (χ1n) is 10.7. The highest BCUT2D eigenvalue weighted by Crippen LogP contribution is 2.49. The molecule has 0 fully saturated rings. The maximum atomic E-state index is 13.3. The zero-order valence-electron chi connectivity index (χ0n) is 18.9. The number of hydrogen-bond acceptors (Lipinski definition) is 7. The van der Waals surface area contributed by atoms with Crippen LogP contribution in [0, 0.1) is 0 Å². The molecule has 1 unspecified atom stereocenters. The SMILES string of the molecule is COc1cccc(/C=C2\Oc3c(ccc4c3C(c3ccc(SC)cc3)CC(=O)O4)C2=O)c1OC. The fourth-order valence-electron chi connectivity index (χ4n) is 4.39. The van der Waals surface area contributed by atoms with E-state index in [1.54, 1.807) is 50.3 Å². The molecule has 2 heterocycles. The van der Waals surface area contributed by atoms with E-state index in [1.165, 1.54) is 0 Å². The third-order valence-corrected chi connectivity index (χ3v) is 6.76. The lowest BCUT2D eigenvalue weighted by Crippen LogP contribution is -2.21. The van der Waals surface area contributed by atoms with Crippen LogP contribution >= 0.6 is 11.8 Å². The van der Waals surface area contributed by atoms with Crippen LogP contribution in [0.2, 0.25) is 0 Å². The number of para-hydroxylation sites is 1. The Morgan fingerprint density at radius 1 is 0.971 bits per heavy atom. The number of ether oxygens (including phenoxy) is 4. The summed E-state index contributed by atoms with van der Waals surface area (Å²) in [7, 11) is 3.10. The molecule has 5 rings (SSSR count). The molecule has 0 spiro atoms. The first-order chi connectivity index (χ1) is 16.5. The largest absolute Gasteiger partial charge is 0.493 e. The second kappa shape index (κ2) is 8.91. The highest BCUT2D eigenvalue weighted by atomic mass is 32.2. The van der Waals surface area contributed by atoms with Crippen molar-refractivity contribution in [3.8, 4) is 23.0 Å². The molecular weight excluding hydrogens is 452 g/mol. The number of rotatable bonds is 5. The molecule has 0 aromatic heterocycles. The normalized spacial score (nSPS) is 17.6. The molecule has 1 atom stereocenters. The second-order valence-corrected chi connectivity index (χ2v) is 8.76. The number of thioether (sulfide) groups is 1. The standard InChI is InChI=1S/C27H22O6S/c1-30-21-6-4-5-16(26(21)31-2)13-22-25(29)18-11-12-20-24(27(18)33-22)19(14-23(28)32-20)15-7-9-17(34-3)10-8-15/h4-13,19H,14H2,1-3H3/b22-13-. The van der Waals surface area contributed by atoms with E-state index < -0.39 is 0 Å². The zero-order valence-corrected chi connectivity index (χ0v) is 19.7. The molecule has 7 heteroatoms. The molecule has 3 aromatic carbocycles. The van der Waals surface area contributed by atoms with E-state index in [9.17, 15) is 9.59 Å². The summed E-state index contributed by atoms with van der Waals surface area (Å²) in [6.45, 7) is 0. The molecular formula is C27H22O6S. The van der Waals surface area contributed by atoms with Gasteiger partial charge in [-0.2, -0.15) is 0 Å². The fraction of sp³-hybridized carbons (Fsp3) is 0.185. The average Bonchev–Trinajstić information content (AvgIpc) is 3.18. The molecule has 2 aliphatic rings. The van der Waals surface area contributed by atoms with Crippen molar-refractivity contribution in [2.24, 2.45) is 0 Å². The van der Waals surface area contributed by atoms with Crippen LogP contribution in [0.5, 0.6) is 23.0 Å². The highest BCUT2D eigenvalue weighted by molar-refractivity contribution is 7.98. The number of carbonyl (C=O) groups excluding carboxylic acids is 2. The molecule has 0 radical (unpaired) electrons. The Morgan fingerprint density at radius 2 is 1.76 bits per heavy atom. The van der Waals surface area contributed by atoms with Gasteiger partial charge in [0.15, 0.2) is 17.3 Å². The third kappa shape index (κ3) is 3.72. The number of hydrogen-bond donors (Lipinski definition) is 0. The minimum atomic E-state index is -0.312. The van der Waals surface area contributed by atoms with Crippen molar-refractivity contribution in [2.45, 2.75) is 17.2 Å². The van der Waals surface area contributed by atoms with Gasteiger partial charge in [0.05, 0.1) is 26.2 Å². The van der Waals surface area contributed by atoms with Crippen molar-refractivity contribution in [3.05, 3.63) is 82.6 Å². The molecule has 0 saturated carbocycles. The number of fused-ring (bicyclic) bond motifs is 3. The van der Waals surface area contributed by atoms with Crippen LogP contribution in [0.1, 0.15) is 39.4 Å². The van der Waals surface area contributed by atoms with Gasteiger partial charge < -0.3 is 18.9 Å². The number of benzene rings is 3. The van der Waals surface area contributed by atoms with Gasteiger partial charge in [-0.1, -0.05) is 24.3 Å². The minimum Gasteiger partial charge on any atom is -0.493 e. The minimum absolute atomic E-state index is 0.169. The number of ketones is 1. The van der Waals surface area contributed by atoms with Crippen molar-refractivity contribution in [3.63, 3.8) is 0 Å². The number of allylic oxidation sites excluding steroid dienone is 1. The van der Waals surface area contributed by atoms with E-state index in [1.807, 2.05) is 42.7 Å². The molecule has 0 amide bonds. The number of carbonyl (C=O) groups is 2. The van der Waals surface area contributed by atoms with E-state index in [2.05, 4.69) is 0 Å². The highest BCUT2D eigenvalue weighted by Gasteiger charge is 2.38. The Labute approximate surface area is 201 Å². The Hall–Kier alpha value is -3.71. The van der Waals surface area contributed by atoms with E-state index in [-0.39, 0.29) is 29.9 Å². The maximum absolute atomic E-state index is 13.3. The Bertz CT molecular complexity index is 1330. The lowest BCUT2D eigenvalue weighted by atomic mass is 9.85. The van der Waals surface area contributed by atoms with Gasteiger partial charge in [-0.3, -0.25) is 9.59 Å². The van der Waals surface area contributed by atoms with Crippen LogP contribution in [-0.4, -0.2) is 32.2 Å². The topological polar surface area (TPSA) is 71.1 Å². The maximum Gasteiger partial charge on any atom is 0.312 e. The molecule has 2 aliphatic heterocycles. The number of methoxy groups -OCH3 is 2. The molecule has 6 nitrogen and oxygen atoms in total. The summed E-state index contributed by atoms with van der Waals surface area (Å²) in [6.07, 6.45) is 3.83. The van der Waals surface area contributed by atoms with E-state index >= 15 is 0 Å². The Balaban J connectivity index is 1.59. The van der Waals surface area contributed by atoms with Crippen molar-refractivity contribution in [2.75, 3.05) is 20.5 Å². The second-order valence-electron chi connectivity index (χ2n) is 7.88. The van der Waals surface area contributed by atoms with E-state index in [0.29, 0.717) is 39.7 Å². The van der Waals surface area contributed by atoms with Crippen LogP contribution < -0.4 is 18.9 Å². The van der Waals surface area contributed by atoms with Crippen molar-refractivity contribution >= 4 is 29.6 Å². The predicted molar refractivity (Wildman–Crippen MR) is 129 cm³/mol. The zero-order chi connectivity index (χ0) is 23.8. The van der Waals surface area contributed by atoms with Gasteiger partial charge in [0, 0.05) is 21.9 Å². The van der Waals surface area contributed by atoms with Crippen LogP contribution in [0.4, 0.5) is 0 Å². The summed E-state index contributed by atoms with van der Waals surface area (Å²) >= 11 is 1.65. The quantitative estimate of drug-likeness (QED) is 0.210. The average molecular weight is 475 g/mol. The summed E-state index contributed by atoms with van der Waals surface area (Å²) in [5.74, 6) is 1.25. The van der Waals surface area contributed by atoms with Crippen LogP contribution in [0.3, 0.4) is 0 Å². The number of esters is 1. The summed E-state index contributed by atoms with van der Waals surface area (Å²) in [5, 5.41) is 0. The Kier molecular flexibility index (Phi) is 5.79. The summed E-state index contributed by atoms with van der Waals surface area (Å²) in [4.78, 5) is 26.7. The summed E-state index contributed by atoms with van der Waals surface area (Å²) in [6, 6.07) is 16.8. The van der Waals surface area contributed by atoms with Gasteiger partial charge in [-0.15, -0.1) is 11.8 Å². The third-order valence-electron chi connectivity index (χ3n) is 6.02. The van der Waals surface area contributed by atoms with Gasteiger partial charge in [-0.25, -0.2) is 0 Å². The van der Waals surface area contributed by atoms with Gasteiger partial charge in [-0.05, 0) is 48.2 Å². The first-order valence-corrected chi connectivity index (χ1v) is 11.9. The molecule has 0 bridgehead atoms. The van der Waals surface area contributed by atoms with Crippen molar-refractivity contribution in [1.29, 1.82) is 0 Å². The van der Waals surface area contributed by atoms with Gasteiger partial charge in [0.2, 0.25) is 5.78 Å². The lowest BCUT2D eigenvalue weighted by molar-refractivity contribution is -0.135. The summed E-state index contributed by atoms with van der Waals surface area (Å²) < 4.78 is 22.5. The fourth-order valence-corrected chi connectivity index (χ4v) is 4.80.